The van der Waals surface area contributed by atoms with Gasteiger partial charge in [0.25, 0.3) is 0 Å². The standard InChI is InChI=1S/C21H20N4O/c1-4-8-25-17-9-14-13-7-5-6-12-11-22-24-18(12)19(13)23-16(14)10-15(17)21(2,3)20(25)26/h1,9-11,23H,5-8H2,2-3H3,(H,22,24). The van der Waals surface area contributed by atoms with E-state index in [4.69, 9.17) is 6.42 Å². The number of carbonyl (C=O) groups is 1. The first-order valence-electron chi connectivity index (χ1n) is 9.00. The third kappa shape index (κ3) is 1.82. The maximum Gasteiger partial charge on any atom is 0.238 e. The van der Waals surface area contributed by atoms with Gasteiger partial charge in [-0.05, 0) is 61.9 Å². The molecule has 0 saturated heterocycles. The molecule has 5 rings (SSSR count). The molecule has 5 nitrogen and oxygen atoms in total. The Hall–Kier alpha value is -3.00. The summed E-state index contributed by atoms with van der Waals surface area (Å²) in [6, 6.07) is 4.27. The van der Waals surface area contributed by atoms with E-state index in [1.165, 1.54) is 16.5 Å². The van der Waals surface area contributed by atoms with Gasteiger partial charge in [-0.2, -0.15) is 5.10 Å². The lowest BCUT2D eigenvalue weighted by molar-refractivity contribution is -0.121. The van der Waals surface area contributed by atoms with Crippen LogP contribution in [0.4, 0.5) is 5.69 Å². The van der Waals surface area contributed by atoms with Gasteiger partial charge in [-0.15, -0.1) is 6.42 Å². The number of aromatic amines is 2. The van der Waals surface area contributed by atoms with Crippen LogP contribution < -0.4 is 4.90 Å². The molecule has 1 aromatic carbocycles. The van der Waals surface area contributed by atoms with Gasteiger partial charge in [0, 0.05) is 22.8 Å². The van der Waals surface area contributed by atoms with E-state index in [2.05, 4.69) is 33.2 Å². The average Bonchev–Trinajstić information content (AvgIpc) is 3.23. The minimum absolute atomic E-state index is 0.0683. The molecule has 2 aromatic heterocycles. The summed E-state index contributed by atoms with van der Waals surface area (Å²) in [5.41, 5.74) is 7.13. The molecule has 0 atom stereocenters. The van der Waals surface area contributed by atoms with Gasteiger partial charge in [-0.25, -0.2) is 0 Å². The van der Waals surface area contributed by atoms with Crippen molar-refractivity contribution >= 4 is 22.5 Å². The number of nitrogens with zero attached hydrogens (tertiary/aromatic N) is 2. The lowest BCUT2D eigenvalue weighted by Crippen LogP contribution is -2.36. The molecule has 5 heteroatoms. The second-order valence-electron chi connectivity index (χ2n) is 7.73. The van der Waals surface area contributed by atoms with Gasteiger partial charge in [-0.1, -0.05) is 5.92 Å². The van der Waals surface area contributed by atoms with E-state index < -0.39 is 5.41 Å². The lowest BCUT2D eigenvalue weighted by atomic mass is 9.85. The quantitative estimate of drug-likeness (QED) is 0.665. The highest BCUT2D eigenvalue weighted by molar-refractivity contribution is 6.10. The molecule has 0 saturated carbocycles. The zero-order valence-corrected chi connectivity index (χ0v) is 14.9. The van der Waals surface area contributed by atoms with Crippen molar-refractivity contribution in [2.75, 3.05) is 11.4 Å². The van der Waals surface area contributed by atoms with Gasteiger partial charge < -0.3 is 4.98 Å². The number of H-pyrrole nitrogens is 2. The summed E-state index contributed by atoms with van der Waals surface area (Å²) >= 11 is 0. The molecule has 1 amide bonds. The Morgan fingerprint density at radius 2 is 2.19 bits per heavy atom. The smallest absolute Gasteiger partial charge is 0.238 e. The monoisotopic (exact) mass is 344 g/mol. The summed E-state index contributed by atoms with van der Waals surface area (Å²) < 4.78 is 0. The zero-order valence-electron chi connectivity index (χ0n) is 14.9. The zero-order chi connectivity index (χ0) is 18.1. The van der Waals surface area contributed by atoms with Crippen LogP contribution in [0.15, 0.2) is 18.3 Å². The number of terminal acetylenes is 1. The molecule has 0 radical (unpaired) electrons. The van der Waals surface area contributed by atoms with E-state index in [0.717, 1.165) is 47.4 Å². The van der Waals surface area contributed by atoms with Crippen LogP contribution in [0.25, 0.3) is 22.3 Å². The van der Waals surface area contributed by atoms with Crippen molar-refractivity contribution in [1.82, 2.24) is 15.2 Å². The molecular weight excluding hydrogens is 324 g/mol. The number of fused-ring (bicyclic) bond motifs is 6. The highest BCUT2D eigenvalue weighted by atomic mass is 16.2. The summed E-state index contributed by atoms with van der Waals surface area (Å²) in [6.07, 6.45) is 10.6. The van der Waals surface area contributed by atoms with Gasteiger partial charge in [-0.3, -0.25) is 14.8 Å². The third-order valence-electron chi connectivity index (χ3n) is 5.84. The molecule has 1 aliphatic carbocycles. The molecule has 0 fully saturated rings. The lowest BCUT2D eigenvalue weighted by Gasteiger charge is -2.18. The van der Waals surface area contributed by atoms with Gasteiger partial charge in [0.15, 0.2) is 0 Å². The molecule has 0 spiro atoms. The molecule has 3 aromatic rings. The summed E-state index contributed by atoms with van der Waals surface area (Å²) in [5, 5.41) is 8.63. The minimum atomic E-state index is -0.569. The van der Waals surface area contributed by atoms with E-state index in [-0.39, 0.29) is 5.91 Å². The molecule has 26 heavy (non-hydrogen) atoms. The van der Waals surface area contributed by atoms with Crippen LogP contribution >= 0.6 is 0 Å². The van der Waals surface area contributed by atoms with Crippen molar-refractivity contribution in [3.8, 4) is 23.7 Å². The Bertz CT molecular complexity index is 1110. The number of aryl methyl sites for hydroxylation is 2. The maximum absolute atomic E-state index is 12.9. The summed E-state index contributed by atoms with van der Waals surface area (Å²) in [7, 11) is 0. The van der Waals surface area contributed by atoms with Gasteiger partial charge in [0.05, 0.1) is 17.7 Å². The number of carbonyl (C=O) groups excluding carboxylic acids is 1. The molecule has 0 bridgehead atoms. The van der Waals surface area contributed by atoms with Crippen molar-refractivity contribution in [2.24, 2.45) is 0 Å². The Morgan fingerprint density at radius 3 is 3.00 bits per heavy atom. The minimum Gasteiger partial charge on any atom is -0.353 e. The fourth-order valence-electron chi connectivity index (χ4n) is 4.46. The molecular formula is C21H20N4O. The second-order valence-corrected chi connectivity index (χ2v) is 7.73. The Kier molecular flexibility index (Phi) is 2.94. The van der Waals surface area contributed by atoms with Crippen LogP contribution in [0.3, 0.4) is 0 Å². The first-order valence-corrected chi connectivity index (χ1v) is 9.00. The van der Waals surface area contributed by atoms with E-state index in [1.54, 1.807) is 4.90 Å². The molecule has 0 unspecified atom stereocenters. The van der Waals surface area contributed by atoms with E-state index in [0.29, 0.717) is 6.54 Å². The number of hydrogen-bond acceptors (Lipinski definition) is 2. The number of benzene rings is 1. The Morgan fingerprint density at radius 1 is 1.35 bits per heavy atom. The topological polar surface area (TPSA) is 64.8 Å². The molecule has 3 heterocycles. The van der Waals surface area contributed by atoms with Crippen LogP contribution in [0, 0.1) is 12.3 Å². The van der Waals surface area contributed by atoms with Crippen molar-refractivity contribution in [3.63, 3.8) is 0 Å². The number of hydrogen-bond donors (Lipinski definition) is 2. The van der Waals surface area contributed by atoms with Crippen LogP contribution in [0.5, 0.6) is 0 Å². The van der Waals surface area contributed by atoms with Crippen LogP contribution in [-0.2, 0) is 23.1 Å². The first-order chi connectivity index (χ1) is 12.5. The van der Waals surface area contributed by atoms with Crippen molar-refractivity contribution in [2.45, 2.75) is 38.5 Å². The van der Waals surface area contributed by atoms with Gasteiger partial charge in [0.2, 0.25) is 5.91 Å². The van der Waals surface area contributed by atoms with Crippen LogP contribution in [0.1, 0.15) is 37.0 Å². The number of anilines is 1. The highest BCUT2D eigenvalue weighted by Gasteiger charge is 2.44. The van der Waals surface area contributed by atoms with Crippen molar-refractivity contribution < 1.29 is 4.79 Å². The van der Waals surface area contributed by atoms with Crippen molar-refractivity contribution in [1.29, 1.82) is 0 Å². The second kappa shape index (κ2) is 5.01. The summed E-state index contributed by atoms with van der Waals surface area (Å²) in [6.45, 7) is 4.24. The largest absolute Gasteiger partial charge is 0.353 e. The average molecular weight is 344 g/mol. The molecule has 2 aliphatic rings. The number of rotatable bonds is 1. The predicted octanol–water partition coefficient (Wildman–Crippen LogP) is 3.30. The van der Waals surface area contributed by atoms with Crippen molar-refractivity contribution in [3.05, 3.63) is 35.0 Å². The molecule has 1 aliphatic heterocycles. The number of aromatic nitrogens is 3. The highest BCUT2D eigenvalue weighted by Crippen LogP contribution is 2.45. The number of amides is 1. The van der Waals surface area contributed by atoms with E-state index in [1.807, 2.05) is 20.0 Å². The Labute approximate surface area is 151 Å². The maximum atomic E-state index is 12.9. The summed E-state index contributed by atoms with van der Waals surface area (Å²) in [4.78, 5) is 18.2. The fourth-order valence-corrected chi connectivity index (χ4v) is 4.46. The fraction of sp³-hybridized carbons (Fsp3) is 0.333. The predicted molar refractivity (Wildman–Crippen MR) is 102 cm³/mol. The van der Waals surface area contributed by atoms with Gasteiger partial charge in [0.1, 0.15) is 5.69 Å². The van der Waals surface area contributed by atoms with Crippen LogP contribution in [-0.4, -0.2) is 27.6 Å². The van der Waals surface area contributed by atoms with E-state index in [9.17, 15) is 4.79 Å². The third-order valence-corrected chi connectivity index (χ3v) is 5.84. The molecule has 130 valence electrons. The number of nitrogens with one attached hydrogen (secondary N) is 2. The SMILES string of the molecule is C#CCN1C(=O)C(C)(C)c2cc3[nH]c4c(c3cc21)CCCc1c[nH]nc1-4. The van der Waals surface area contributed by atoms with Gasteiger partial charge >= 0.3 is 0 Å². The van der Waals surface area contributed by atoms with E-state index >= 15 is 0 Å². The van der Waals surface area contributed by atoms with Crippen LogP contribution in [0.2, 0.25) is 0 Å². The summed E-state index contributed by atoms with van der Waals surface area (Å²) in [5.74, 6) is 2.69. The normalized spacial score (nSPS) is 17.6. The Balaban J connectivity index is 1.79. The molecule has 2 N–H and O–H groups in total. The first kappa shape index (κ1) is 15.3.